The Bertz CT molecular complexity index is 633. The third kappa shape index (κ3) is 2.48. The van der Waals surface area contributed by atoms with Crippen LogP contribution in [0.2, 0.25) is 5.02 Å². The molecule has 3 nitrogen and oxygen atoms in total. The monoisotopic (exact) mass is 290 g/mol. The topological polar surface area (TPSA) is 38.1 Å². The first-order chi connectivity index (χ1) is 9.45. The summed E-state index contributed by atoms with van der Waals surface area (Å²) in [4.78, 5) is 4.24. The van der Waals surface area contributed by atoms with E-state index in [0.29, 0.717) is 6.54 Å². The standard InChI is InChI=1S/C16H19ClN2O/c1-10-8-18-14(20-10)9-19-15-13-6-12(17)5-4-11(13)7-16(15,2)3/h4-6,8,15,19H,7,9H2,1-3H3. The molecular weight excluding hydrogens is 272 g/mol. The summed E-state index contributed by atoms with van der Waals surface area (Å²) in [5, 5.41) is 4.36. The van der Waals surface area contributed by atoms with E-state index in [1.165, 1.54) is 11.1 Å². The second kappa shape index (κ2) is 4.90. The molecule has 0 saturated carbocycles. The van der Waals surface area contributed by atoms with Gasteiger partial charge in [0.25, 0.3) is 0 Å². The average molecular weight is 291 g/mol. The normalized spacial score (nSPS) is 20.1. The maximum atomic E-state index is 6.14. The fourth-order valence-electron chi connectivity index (χ4n) is 3.07. The number of oxazole rings is 1. The smallest absolute Gasteiger partial charge is 0.208 e. The van der Waals surface area contributed by atoms with Gasteiger partial charge in [-0.2, -0.15) is 0 Å². The Morgan fingerprint density at radius 2 is 2.25 bits per heavy atom. The number of nitrogens with zero attached hydrogens (tertiary/aromatic N) is 1. The van der Waals surface area contributed by atoms with Gasteiger partial charge in [0, 0.05) is 11.1 Å². The summed E-state index contributed by atoms with van der Waals surface area (Å²) in [6, 6.07) is 6.44. The van der Waals surface area contributed by atoms with E-state index < -0.39 is 0 Å². The molecule has 0 aliphatic heterocycles. The van der Waals surface area contributed by atoms with Crippen LogP contribution in [0.1, 0.15) is 42.7 Å². The van der Waals surface area contributed by atoms with E-state index >= 15 is 0 Å². The molecule has 0 spiro atoms. The highest BCUT2D eigenvalue weighted by molar-refractivity contribution is 6.30. The Kier molecular flexibility index (Phi) is 3.35. The number of benzene rings is 1. The SMILES string of the molecule is Cc1cnc(CNC2c3cc(Cl)ccc3CC2(C)C)o1. The summed E-state index contributed by atoms with van der Waals surface area (Å²) in [5.41, 5.74) is 2.83. The van der Waals surface area contributed by atoms with E-state index in [4.69, 9.17) is 16.0 Å². The molecule has 4 heteroatoms. The van der Waals surface area contributed by atoms with Crippen LogP contribution in [0.25, 0.3) is 0 Å². The predicted molar refractivity (Wildman–Crippen MR) is 79.8 cm³/mol. The molecular formula is C16H19ClN2O. The van der Waals surface area contributed by atoms with E-state index in [1.807, 2.05) is 13.0 Å². The van der Waals surface area contributed by atoms with Gasteiger partial charge in [0.05, 0.1) is 12.7 Å². The fourth-order valence-corrected chi connectivity index (χ4v) is 3.25. The van der Waals surface area contributed by atoms with E-state index in [2.05, 4.69) is 36.3 Å². The van der Waals surface area contributed by atoms with Gasteiger partial charge in [-0.1, -0.05) is 31.5 Å². The van der Waals surface area contributed by atoms with E-state index in [0.717, 1.165) is 23.1 Å². The zero-order valence-corrected chi connectivity index (χ0v) is 12.8. The van der Waals surface area contributed by atoms with Gasteiger partial charge in [-0.05, 0) is 42.0 Å². The number of aryl methyl sites for hydroxylation is 1. The molecule has 2 aromatic rings. The zero-order valence-electron chi connectivity index (χ0n) is 12.0. The molecule has 0 fully saturated rings. The number of halogens is 1. The molecule has 1 aliphatic carbocycles. The van der Waals surface area contributed by atoms with Crippen LogP contribution in [-0.4, -0.2) is 4.98 Å². The van der Waals surface area contributed by atoms with Gasteiger partial charge in [-0.15, -0.1) is 0 Å². The van der Waals surface area contributed by atoms with Crippen molar-refractivity contribution in [2.75, 3.05) is 0 Å². The van der Waals surface area contributed by atoms with Crippen molar-refractivity contribution in [1.29, 1.82) is 0 Å². The Morgan fingerprint density at radius 3 is 2.95 bits per heavy atom. The van der Waals surface area contributed by atoms with Crippen LogP contribution in [-0.2, 0) is 13.0 Å². The largest absolute Gasteiger partial charge is 0.445 e. The quantitative estimate of drug-likeness (QED) is 0.927. The second-order valence-electron chi connectivity index (χ2n) is 6.19. The fraction of sp³-hybridized carbons (Fsp3) is 0.438. The molecule has 0 amide bonds. The second-order valence-corrected chi connectivity index (χ2v) is 6.62. The minimum atomic E-state index is 0.161. The van der Waals surface area contributed by atoms with Crippen molar-refractivity contribution in [2.45, 2.75) is 39.8 Å². The van der Waals surface area contributed by atoms with Crippen molar-refractivity contribution in [3.63, 3.8) is 0 Å². The summed E-state index contributed by atoms with van der Waals surface area (Å²) >= 11 is 6.14. The lowest BCUT2D eigenvalue weighted by molar-refractivity contribution is 0.260. The first-order valence-electron chi connectivity index (χ1n) is 6.89. The first kappa shape index (κ1) is 13.7. The zero-order chi connectivity index (χ0) is 14.3. The van der Waals surface area contributed by atoms with Gasteiger partial charge in [0.2, 0.25) is 5.89 Å². The van der Waals surface area contributed by atoms with Crippen molar-refractivity contribution in [3.8, 4) is 0 Å². The Balaban J connectivity index is 1.83. The van der Waals surface area contributed by atoms with Gasteiger partial charge in [0.15, 0.2) is 0 Å². The molecule has 1 aliphatic rings. The van der Waals surface area contributed by atoms with E-state index in [1.54, 1.807) is 6.20 Å². The number of nitrogens with one attached hydrogen (secondary N) is 1. The maximum absolute atomic E-state index is 6.14. The Morgan fingerprint density at radius 1 is 1.45 bits per heavy atom. The van der Waals surface area contributed by atoms with Gasteiger partial charge in [0.1, 0.15) is 5.76 Å². The molecule has 1 heterocycles. The third-order valence-electron chi connectivity index (χ3n) is 3.97. The van der Waals surface area contributed by atoms with Crippen molar-refractivity contribution in [2.24, 2.45) is 5.41 Å². The van der Waals surface area contributed by atoms with Crippen LogP contribution >= 0.6 is 11.6 Å². The Labute approximate surface area is 124 Å². The molecule has 1 atom stereocenters. The summed E-state index contributed by atoms with van der Waals surface area (Å²) < 4.78 is 5.52. The highest BCUT2D eigenvalue weighted by atomic mass is 35.5. The van der Waals surface area contributed by atoms with E-state index in [-0.39, 0.29) is 11.5 Å². The number of fused-ring (bicyclic) bond motifs is 1. The number of rotatable bonds is 3. The van der Waals surface area contributed by atoms with Gasteiger partial charge in [-0.25, -0.2) is 4.98 Å². The molecule has 20 heavy (non-hydrogen) atoms. The van der Waals surface area contributed by atoms with Crippen molar-refractivity contribution >= 4 is 11.6 Å². The molecule has 1 unspecified atom stereocenters. The molecule has 1 aromatic heterocycles. The van der Waals surface area contributed by atoms with Crippen molar-refractivity contribution < 1.29 is 4.42 Å². The number of hydrogen-bond acceptors (Lipinski definition) is 3. The predicted octanol–water partition coefficient (Wildman–Crippen LogP) is 4.05. The summed E-state index contributed by atoms with van der Waals surface area (Å²) in [7, 11) is 0. The van der Waals surface area contributed by atoms with Crippen molar-refractivity contribution in [1.82, 2.24) is 10.3 Å². The molecule has 1 N–H and O–H groups in total. The highest BCUT2D eigenvalue weighted by Crippen LogP contribution is 2.45. The highest BCUT2D eigenvalue weighted by Gasteiger charge is 2.38. The molecule has 3 rings (SSSR count). The molecule has 0 saturated heterocycles. The summed E-state index contributed by atoms with van der Waals surface area (Å²) in [5.74, 6) is 1.57. The van der Waals surface area contributed by atoms with Crippen LogP contribution in [0.5, 0.6) is 0 Å². The van der Waals surface area contributed by atoms with Crippen molar-refractivity contribution in [3.05, 3.63) is 52.2 Å². The lowest BCUT2D eigenvalue weighted by Gasteiger charge is -2.28. The minimum Gasteiger partial charge on any atom is -0.445 e. The van der Waals surface area contributed by atoms with Gasteiger partial charge >= 0.3 is 0 Å². The lowest BCUT2D eigenvalue weighted by Crippen LogP contribution is -2.30. The Hall–Kier alpha value is -1.32. The van der Waals surface area contributed by atoms with Crippen LogP contribution in [0.15, 0.2) is 28.8 Å². The number of hydrogen-bond donors (Lipinski definition) is 1. The summed E-state index contributed by atoms with van der Waals surface area (Å²) in [6.45, 7) is 7.09. The molecule has 0 radical (unpaired) electrons. The third-order valence-corrected chi connectivity index (χ3v) is 4.21. The number of aromatic nitrogens is 1. The van der Waals surface area contributed by atoms with Crippen LogP contribution < -0.4 is 5.32 Å². The van der Waals surface area contributed by atoms with Crippen LogP contribution in [0, 0.1) is 12.3 Å². The van der Waals surface area contributed by atoms with Crippen LogP contribution in [0.4, 0.5) is 0 Å². The maximum Gasteiger partial charge on any atom is 0.208 e. The van der Waals surface area contributed by atoms with E-state index in [9.17, 15) is 0 Å². The molecule has 0 bridgehead atoms. The summed E-state index contributed by atoms with van der Waals surface area (Å²) in [6.07, 6.45) is 2.81. The molecule has 106 valence electrons. The van der Waals surface area contributed by atoms with Gasteiger partial charge < -0.3 is 9.73 Å². The lowest BCUT2D eigenvalue weighted by atomic mass is 9.85. The molecule has 1 aromatic carbocycles. The first-order valence-corrected chi connectivity index (χ1v) is 7.26. The van der Waals surface area contributed by atoms with Gasteiger partial charge in [-0.3, -0.25) is 0 Å². The van der Waals surface area contributed by atoms with Crippen LogP contribution in [0.3, 0.4) is 0 Å². The average Bonchev–Trinajstić information content (AvgIpc) is 2.87. The minimum absolute atomic E-state index is 0.161.